The number of fused-ring (bicyclic) bond motifs is 1. The normalized spacial score (nSPS) is 37.8. The van der Waals surface area contributed by atoms with E-state index in [0.717, 1.165) is 25.7 Å². The van der Waals surface area contributed by atoms with Crippen LogP contribution in [0.2, 0.25) is 0 Å². The lowest BCUT2D eigenvalue weighted by Crippen LogP contribution is -2.45. The number of hydrogen-bond acceptors (Lipinski definition) is 2. The van der Waals surface area contributed by atoms with Gasteiger partial charge in [0.1, 0.15) is 0 Å². The van der Waals surface area contributed by atoms with Gasteiger partial charge in [0.2, 0.25) is 0 Å². The number of carbonyl (C=O) groups is 1. The lowest BCUT2D eigenvalue weighted by Gasteiger charge is -2.41. The molecule has 1 aliphatic heterocycles. The Hall–Kier alpha value is -0.770. The Bertz CT molecular complexity index is 231. The molecule has 1 amide bonds. The molecule has 0 radical (unpaired) electrons. The first-order valence-corrected chi connectivity index (χ1v) is 5.32. The van der Waals surface area contributed by atoms with Crippen LogP contribution in [0.15, 0.2) is 0 Å². The summed E-state index contributed by atoms with van der Waals surface area (Å²) < 4.78 is 0. The SMILES string of the molecule is O=C(O)N1CC[C@@H]2C[C@@H](O)CC[C@@H]2C1. The molecule has 0 bridgehead atoms. The molecule has 2 rings (SSSR count). The highest BCUT2D eigenvalue weighted by Crippen LogP contribution is 2.36. The molecule has 2 fully saturated rings. The van der Waals surface area contributed by atoms with Crippen LogP contribution in [0, 0.1) is 11.8 Å². The van der Waals surface area contributed by atoms with Crippen molar-refractivity contribution in [2.24, 2.45) is 11.8 Å². The Morgan fingerprint density at radius 3 is 2.71 bits per heavy atom. The van der Waals surface area contributed by atoms with Gasteiger partial charge >= 0.3 is 6.09 Å². The molecule has 1 heterocycles. The van der Waals surface area contributed by atoms with E-state index in [0.29, 0.717) is 24.9 Å². The van der Waals surface area contributed by atoms with Gasteiger partial charge in [0, 0.05) is 13.1 Å². The quantitative estimate of drug-likeness (QED) is 0.615. The number of aliphatic hydroxyl groups excluding tert-OH is 1. The summed E-state index contributed by atoms with van der Waals surface area (Å²) in [6.45, 7) is 1.32. The van der Waals surface area contributed by atoms with Crippen LogP contribution in [0.4, 0.5) is 4.79 Å². The zero-order valence-corrected chi connectivity index (χ0v) is 8.22. The van der Waals surface area contributed by atoms with Gasteiger partial charge in [-0.3, -0.25) is 0 Å². The smallest absolute Gasteiger partial charge is 0.407 e. The molecule has 0 aromatic heterocycles. The van der Waals surface area contributed by atoms with Crippen LogP contribution in [0.3, 0.4) is 0 Å². The predicted molar refractivity (Wildman–Crippen MR) is 51.1 cm³/mol. The largest absolute Gasteiger partial charge is 0.465 e. The Morgan fingerprint density at radius 2 is 2.00 bits per heavy atom. The molecule has 1 aliphatic carbocycles. The van der Waals surface area contributed by atoms with Crippen molar-refractivity contribution in [2.45, 2.75) is 31.8 Å². The molecule has 0 aromatic carbocycles. The summed E-state index contributed by atoms with van der Waals surface area (Å²) >= 11 is 0. The molecule has 2 aliphatic rings. The molecule has 4 nitrogen and oxygen atoms in total. The van der Waals surface area contributed by atoms with Crippen LogP contribution < -0.4 is 0 Å². The minimum atomic E-state index is -0.797. The summed E-state index contributed by atoms with van der Waals surface area (Å²) in [6.07, 6.45) is 2.68. The molecular formula is C10H17NO3. The first-order chi connectivity index (χ1) is 6.66. The minimum absolute atomic E-state index is 0.146. The summed E-state index contributed by atoms with van der Waals surface area (Å²) in [5.41, 5.74) is 0. The molecule has 2 N–H and O–H groups in total. The van der Waals surface area contributed by atoms with E-state index in [-0.39, 0.29) is 6.10 Å². The number of nitrogens with zero attached hydrogens (tertiary/aromatic N) is 1. The van der Waals surface area contributed by atoms with Crippen molar-refractivity contribution >= 4 is 6.09 Å². The topological polar surface area (TPSA) is 60.8 Å². The summed E-state index contributed by atoms with van der Waals surface area (Å²) in [6, 6.07) is 0. The standard InChI is InChI=1S/C10H17NO3/c12-9-2-1-8-6-11(10(13)14)4-3-7(8)5-9/h7-9,12H,1-6H2,(H,13,14)/t7-,8-,9+/m1/s1. The van der Waals surface area contributed by atoms with Crippen molar-refractivity contribution in [3.05, 3.63) is 0 Å². The zero-order chi connectivity index (χ0) is 10.1. The Morgan fingerprint density at radius 1 is 1.21 bits per heavy atom. The lowest BCUT2D eigenvalue weighted by molar-refractivity contribution is 0.0231. The fourth-order valence-electron chi connectivity index (χ4n) is 2.77. The Kier molecular flexibility index (Phi) is 2.63. The first kappa shape index (κ1) is 9.77. The second-order valence-corrected chi connectivity index (χ2v) is 4.50. The molecule has 80 valence electrons. The van der Waals surface area contributed by atoms with Crippen molar-refractivity contribution < 1.29 is 15.0 Å². The third kappa shape index (κ3) is 1.85. The highest BCUT2D eigenvalue weighted by molar-refractivity contribution is 5.65. The first-order valence-electron chi connectivity index (χ1n) is 5.32. The number of rotatable bonds is 0. The summed E-state index contributed by atoms with van der Waals surface area (Å²) in [4.78, 5) is 12.3. The zero-order valence-electron chi connectivity index (χ0n) is 8.22. The number of aliphatic hydroxyl groups is 1. The second kappa shape index (κ2) is 3.77. The maximum atomic E-state index is 10.8. The second-order valence-electron chi connectivity index (χ2n) is 4.50. The van der Waals surface area contributed by atoms with E-state index >= 15 is 0 Å². The number of likely N-dealkylation sites (tertiary alicyclic amines) is 1. The maximum absolute atomic E-state index is 10.8. The summed E-state index contributed by atoms with van der Waals surface area (Å²) in [7, 11) is 0. The summed E-state index contributed by atoms with van der Waals surface area (Å²) in [5.74, 6) is 1.04. The van der Waals surface area contributed by atoms with E-state index in [4.69, 9.17) is 5.11 Å². The highest BCUT2D eigenvalue weighted by atomic mass is 16.4. The van der Waals surface area contributed by atoms with Gasteiger partial charge in [-0.2, -0.15) is 0 Å². The van der Waals surface area contributed by atoms with Crippen molar-refractivity contribution in [2.75, 3.05) is 13.1 Å². The molecule has 1 saturated carbocycles. The van der Waals surface area contributed by atoms with Crippen molar-refractivity contribution in [3.63, 3.8) is 0 Å². The maximum Gasteiger partial charge on any atom is 0.407 e. The fraction of sp³-hybridized carbons (Fsp3) is 0.900. The van der Waals surface area contributed by atoms with Gasteiger partial charge in [-0.15, -0.1) is 0 Å². The highest BCUT2D eigenvalue weighted by Gasteiger charge is 2.35. The van der Waals surface area contributed by atoms with Gasteiger partial charge in [-0.25, -0.2) is 4.79 Å². The molecule has 0 spiro atoms. The van der Waals surface area contributed by atoms with Crippen LogP contribution in [0.25, 0.3) is 0 Å². The average Bonchev–Trinajstić information content (AvgIpc) is 2.16. The van der Waals surface area contributed by atoms with E-state index < -0.39 is 6.09 Å². The van der Waals surface area contributed by atoms with Gasteiger partial charge < -0.3 is 15.1 Å². The molecule has 0 unspecified atom stereocenters. The van der Waals surface area contributed by atoms with Crippen molar-refractivity contribution in [3.8, 4) is 0 Å². The van der Waals surface area contributed by atoms with Crippen LogP contribution >= 0.6 is 0 Å². The molecular weight excluding hydrogens is 182 g/mol. The molecule has 4 heteroatoms. The van der Waals surface area contributed by atoms with E-state index in [1.807, 2.05) is 0 Å². The minimum Gasteiger partial charge on any atom is -0.465 e. The Labute approximate surface area is 83.5 Å². The van der Waals surface area contributed by atoms with Crippen molar-refractivity contribution in [1.82, 2.24) is 4.90 Å². The molecule has 0 aromatic rings. The fourth-order valence-corrected chi connectivity index (χ4v) is 2.77. The Balaban J connectivity index is 1.94. The van der Waals surface area contributed by atoms with Gasteiger partial charge in [0.05, 0.1) is 6.10 Å². The molecule has 14 heavy (non-hydrogen) atoms. The average molecular weight is 199 g/mol. The van der Waals surface area contributed by atoms with E-state index in [1.54, 1.807) is 0 Å². The van der Waals surface area contributed by atoms with Crippen LogP contribution in [-0.2, 0) is 0 Å². The predicted octanol–water partition coefficient (Wildman–Crippen LogP) is 1.15. The van der Waals surface area contributed by atoms with E-state index in [9.17, 15) is 9.90 Å². The third-order valence-corrected chi connectivity index (χ3v) is 3.61. The lowest BCUT2D eigenvalue weighted by atomic mass is 9.74. The summed E-state index contributed by atoms with van der Waals surface area (Å²) in [5, 5.41) is 18.4. The van der Waals surface area contributed by atoms with Crippen LogP contribution in [0.5, 0.6) is 0 Å². The number of amides is 1. The van der Waals surface area contributed by atoms with E-state index in [1.165, 1.54) is 4.90 Å². The van der Waals surface area contributed by atoms with Gasteiger partial charge in [-0.05, 0) is 37.5 Å². The van der Waals surface area contributed by atoms with Gasteiger partial charge in [-0.1, -0.05) is 0 Å². The number of hydrogen-bond donors (Lipinski definition) is 2. The van der Waals surface area contributed by atoms with Crippen molar-refractivity contribution in [1.29, 1.82) is 0 Å². The molecule has 3 atom stereocenters. The number of piperidine rings is 1. The monoisotopic (exact) mass is 199 g/mol. The van der Waals surface area contributed by atoms with Gasteiger partial charge in [0.15, 0.2) is 0 Å². The van der Waals surface area contributed by atoms with E-state index in [2.05, 4.69) is 0 Å². The third-order valence-electron chi connectivity index (χ3n) is 3.61. The molecule has 1 saturated heterocycles. The number of carboxylic acid groups (broad SMARTS) is 1. The van der Waals surface area contributed by atoms with Gasteiger partial charge in [0.25, 0.3) is 0 Å². The van der Waals surface area contributed by atoms with Crippen LogP contribution in [0.1, 0.15) is 25.7 Å². The van der Waals surface area contributed by atoms with Crippen LogP contribution in [-0.4, -0.2) is 40.4 Å².